The van der Waals surface area contributed by atoms with Crippen LogP contribution >= 0.6 is 0 Å². The van der Waals surface area contributed by atoms with E-state index in [0.717, 1.165) is 38.5 Å². The SMILES string of the molecule is C[C@]12CCC(=O)C=C1CC[C@@H]1[C@@H]2CC[C@@]2(C)[C@H]1CC[C@]2(O)C(=O)CO.O=C(O)/C=C\C(=O)O. The second kappa shape index (κ2) is 9.14. The maximum Gasteiger partial charge on any atom is 0.328 e. The summed E-state index contributed by atoms with van der Waals surface area (Å²) in [6, 6.07) is 0. The Labute approximate surface area is 193 Å². The molecule has 0 amide bonds. The van der Waals surface area contributed by atoms with Crippen LogP contribution in [0.5, 0.6) is 0 Å². The summed E-state index contributed by atoms with van der Waals surface area (Å²) in [6.07, 6.45) is 9.84. The van der Waals surface area contributed by atoms with E-state index in [1.165, 1.54) is 5.57 Å². The lowest BCUT2D eigenvalue weighted by atomic mass is 9.46. The fraction of sp³-hybridized carbons (Fsp3) is 0.680. The monoisotopic (exact) mass is 462 g/mol. The van der Waals surface area contributed by atoms with Gasteiger partial charge in [0, 0.05) is 24.0 Å². The molecule has 0 bridgehead atoms. The van der Waals surface area contributed by atoms with Crippen molar-refractivity contribution in [2.45, 2.75) is 70.8 Å². The summed E-state index contributed by atoms with van der Waals surface area (Å²) in [6.45, 7) is 3.84. The van der Waals surface area contributed by atoms with Crippen LogP contribution < -0.4 is 0 Å². The second-order valence-corrected chi connectivity index (χ2v) is 10.4. The Morgan fingerprint density at radius 2 is 1.58 bits per heavy atom. The summed E-state index contributed by atoms with van der Waals surface area (Å²) in [5, 5.41) is 36.2. The Hall–Kier alpha value is -2.32. The fourth-order valence-corrected chi connectivity index (χ4v) is 7.31. The molecule has 0 aromatic carbocycles. The predicted octanol–water partition coefficient (Wildman–Crippen LogP) is 2.52. The second-order valence-electron chi connectivity index (χ2n) is 10.4. The number of allylic oxidation sites excluding steroid dienone is 1. The number of aliphatic hydroxyl groups excluding tert-OH is 1. The van der Waals surface area contributed by atoms with Crippen LogP contribution in [-0.4, -0.2) is 56.1 Å². The number of hydrogen-bond donors (Lipinski definition) is 4. The third-order valence-corrected chi connectivity index (χ3v) is 9.09. The largest absolute Gasteiger partial charge is 0.478 e. The smallest absolute Gasteiger partial charge is 0.328 e. The fourth-order valence-electron chi connectivity index (χ4n) is 7.31. The van der Waals surface area contributed by atoms with E-state index >= 15 is 0 Å². The third-order valence-electron chi connectivity index (χ3n) is 9.09. The van der Waals surface area contributed by atoms with Crippen molar-refractivity contribution < 1.29 is 39.6 Å². The van der Waals surface area contributed by atoms with Crippen molar-refractivity contribution in [2.24, 2.45) is 28.6 Å². The molecule has 182 valence electrons. The number of ketones is 2. The quantitative estimate of drug-likeness (QED) is 0.466. The zero-order chi connectivity index (χ0) is 24.6. The Balaban J connectivity index is 0.000000331. The van der Waals surface area contributed by atoms with Crippen LogP contribution in [0.3, 0.4) is 0 Å². The summed E-state index contributed by atoms with van der Waals surface area (Å²) in [5.74, 6) is -1.25. The summed E-state index contributed by atoms with van der Waals surface area (Å²) >= 11 is 0. The van der Waals surface area contributed by atoms with Crippen molar-refractivity contribution in [2.75, 3.05) is 6.61 Å². The van der Waals surface area contributed by atoms with E-state index in [2.05, 4.69) is 13.8 Å². The van der Waals surface area contributed by atoms with Crippen molar-refractivity contribution >= 4 is 23.5 Å². The van der Waals surface area contributed by atoms with Crippen LogP contribution in [0.1, 0.15) is 65.2 Å². The standard InChI is InChI=1S/C21H30O4.C4H4O4/c1-19-8-5-14(23)11-13(19)3-4-15-16(19)6-9-20(2)17(15)7-10-21(20,25)18(24)12-22;5-3(6)1-2-4(7)8/h11,15-17,22,25H,3-10,12H2,1-2H3;1-2H,(H,5,6)(H,7,8)/b;2-1-/t15-,16+,17+,19+,20+,21+;/m1./s1. The first-order chi connectivity index (χ1) is 15.4. The van der Waals surface area contributed by atoms with Gasteiger partial charge in [-0.2, -0.15) is 0 Å². The van der Waals surface area contributed by atoms with Crippen LogP contribution in [0.4, 0.5) is 0 Å². The molecule has 8 heteroatoms. The molecule has 0 aromatic heterocycles. The average Bonchev–Trinajstić information content (AvgIpc) is 3.04. The molecule has 3 saturated carbocycles. The molecular formula is C25H34O8. The van der Waals surface area contributed by atoms with Gasteiger partial charge in [0.25, 0.3) is 0 Å². The normalized spacial score (nSPS) is 39.5. The van der Waals surface area contributed by atoms with Gasteiger partial charge in [0.15, 0.2) is 11.6 Å². The number of aliphatic hydroxyl groups is 2. The molecule has 0 unspecified atom stereocenters. The van der Waals surface area contributed by atoms with Crippen LogP contribution in [0.2, 0.25) is 0 Å². The van der Waals surface area contributed by atoms with Gasteiger partial charge in [0.2, 0.25) is 0 Å². The Morgan fingerprint density at radius 3 is 2.15 bits per heavy atom. The van der Waals surface area contributed by atoms with Gasteiger partial charge in [0.05, 0.1) is 0 Å². The van der Waals surface area contributed by atoms with E-state index in [1.807, 2.05) is 6.08 Å². The predicted molar refractivity (Wildman–Crippen MR) is 118 cm³/mol. The van der Waals surface area contributed by atoms with Crippen LogP contribution in [0.25, 0.3) is 0 Å². The maximum atomic E-state index is 12.3. The van der Waals surface area contributed by atoms with Gasteiger partial charge in [-0.05, 0) is 74.2 Å². The molecule has 0 aliphatic heterocycles. The van der Waals surface area contributed by atoms with E-state index in [1.54, 1.807) is 0 Å². The maximum absolute atomic E-state index is 12.3. The Morgan fingerprint density at radius 1 is 0.970 bits per heavy atom. The average molecular weight is 463 g/mol. The number of carbonyl (C=O) groups excluding carboxylic acids is 2. The number of carboxylic acids is 2. The summed E-state index contributed by atoms with van der Waals surface area (Å²) in [5.41, 5.74) is -0.333. The third kappa shape index (κ3) is 4.30. The van der Waals surface area contributed by atoms with Gasteiger partial charge in [-0.1, -0.05) is 19.4 Å². The van der Waals surface area contributed by atoms with Gasteiger partial charge in [-0.25, -0.2) is 9.59 Å². The molecule has 0 aromatic rings. The molecule has 0 saturated heterocycles. The zero-order valence-corrected chi connectivity index (χ0v) is 19.2. The van der Waals surface area contributed by atoms with E-state index in [4.69, 9.17) is 10.2 Å². The molecule has 4 aliphatic carbocycles. The number of carbonyl (C=O) groups is 4. The lowest BCUT2D eigenvalue weighted by Gasteiger charge is -2.58. The minimum atomic E-state index is -1.36. The topological polar surface area (TPSA) is 149 Å². The van der Waals surface area contributed by atoms with Gasteiger partial charge < -0.3 is 20.4 Å². The molecular weight excluding hydrogens is 428 g/mol. The van der Waals surface area contributed by atoms with E-state index < -0.39 is 35.3 Å². The minimum absolute atomic E-state index is 0.111. The first-order valence-corrected chi connectivity index (χ1v) is 11.6. The summed E-state index contributed by atoms with van der Waals surface area (Å²) < 4.78 is 0. The highest BCUT2D eigenvalue weighted by Crippen LogP contribution is 2.67. The number of fused-ring (bicyclic) bond motifs is 5. The highest BCUT2D eigenvalue weighted by atomic mass is 16.4. The molecule has 4 rings (SSSR count). The molecule has 3 fully saturated rings. The molecule has 4 N–H and O–H groups in total. The van der Waals surface area contributed by atoms with Gasteiger partial charge in [-0.15, -0.1) is 0 Å². The first kappa shape index (κ1) is 25.3. The minimum Gasteiger partial charge on any atom is -0.478 e. The lowest BCUT2D eigenvalue weighted by Crippen LogP contribution is -2.58. The molecule has 0 heterocycles. The molecule has 33 heavy (non-hydrogen) atoms. The number of carboxylic acid groups (broad SMARTS) is 2. The number of Topliss-reactive ketones (excluding diaryl/α,β-unsaturated/α-hetero) is 1. The van der Waals surface area contributed by atoms with E-state index in [0.29, 0.717) is 42.7 Å². The van der Waals surface area contributed by atoms with Gasteiger partial charge in [0.1, 0.15) is 12.2 Å². The first-order valence-electron chi connectivity index (χ1n) is 11.6. The van der Waals surface area contributed by atoms with Crippen LogP contribution in [0, 0.1) is 28.6 Å². The Kier molecular flexibility index (Phi) is 7.01. The van der Waals surface area contributed by atoms with Gasteiger partial charge in [-0.3, -0.25) is 9.59 Å². The highest BCUT2D eigenvalue weighted by Gasteiger charge is 2.65. The van der Waals surface area contributed by atoms with Crippen LogP contribution in [-0.2, 0) is 19.2 Å². The van der Waals surface area contributed by atoms with E-state index in [9.17, 15) is 29.4 Å². The highest BCUT2D eigenvalue weighted by molar-refractivity contribution is 5.92. The molecule has 0 spiro atoms. The number of hydrogen-bond acceptors (Lipinski definition) is 6. The van der Waals surface area contributed by atoms with E-state index in [-0.39, 0.29) is 11.2 Å². The number of rotatable bonds is 4. The zero-order valence-electron chi connectivity index (χ0n) is 19.2. The summed E-state index contributed by atoms with van der Waals surface area (Å²) in [4.78, 5) is 43.3. The van der Waals surface area contributed by atoms with Gasteiger partial charge >= 0.3 is 11.9 Å². The molecule has 4 aliphatic rings. The molecule has 8 nitrogen and oxygen atoms in total. The summed E-state index contributed by atoms with van der Waals surface area (Å²) in [7, 11) is 0. The number of aliphatic carboxylic acids is 2. The van der Waals surface area contributed by atoms with Crippen molar-refractivity contribution in [3.05, 3.63) is 23.8 Å². The van der Waals surface area contributed by atoms with Crippen molar-refractivity contribution in [3.63, 3.8) is 0 Å². The molecule has 6 atom stereocenters. The van der Waals surface area contributed by atoms with Crippen molar-refractivity contribution in [1.82, 2.24) is 0 Å². The van der Waals surface area contributed by atoms with Crippen LogP contribution in [0.15, 0.2) is 23.8 Å². The Bertz CT molecular complexity index is 888. The van der Waals surface area contributed by atoms with Crippen molar-refractivity contribution in [3.8, 4) is 0 Å². The van der Waals surface area contributed by atoms with Crippen molar-refractivity contribution in [1.29, 1.82) is 0 Å². The lowest BCUT2D eigenvalue weighted by molar-refractivity contribution is -0.164. The molecule has 0 radical (unpaired) electrons.